The average Bonchev–Trinajstić information content (AvgIpc) is 2.54. The molecular formula is C15H15N2O7PS. The molecule has 0 aliphatic heterocycles. The van der Waals surface area contributed by atoms with Gasteiger partial charge in [0, 0.05) is 29.5 Å². The van der Waals surface area contributed by atoms with Gasteiger partial charge in [0.2, 0.25) is 0 Å². The van der Waals surface area contributed by atoms with Crippen molar-refractivity contribution in [1.82, 2.24) is 0 Å². The van der Waals surface area contributed by atoms with E-state index in [1.807, 2.05) is 0 Å². The molecule has 0 saturated carbocycles. The molecule has 0 atom stereocenters. The Morgan fingerprint density at radius 2 is 1.19 bits per heavy atom. The summed E-state index contributed by atoms with van der Waals surface area (Å²) in [6.07, 6.45) is 0. The summed E-state index contributed by atoms with van der Waals surface area (Å²) in [6, 6.07) is 10.2. The molecule has 0 heterocycles. The summed E-state index contributed by atoms with van der Waals surface area (Å²) in [5, 5.41) is 21.3. The van der Waals surface area contributed by atoms with E-state index in [4.69, 9.17) is 9.05 Å². The zero-order valence-electron chi connectivity index (χ0n) is 13.8. The zero-order chi connectivity index (χ0) is 19.3. The van der Waals surface area contributed by atoms with Gasteiger partial charge in [-0.05, 0) is 35.6 Å². The second kappa shape index (κ2) is 8.20. The Labute approximate surface area is 152 Å². The fourth-order valence-corrected chi connectivity index (χ4v) is 5.56. The maximum atomic E-state index is 13.1. The van der Waals surface area contributed by atoms with Crippen LogP contribution in [0.4, 0.5) is 11.4 Å². The van der Waals surface area contributed by atoms with Gasteiger partial charge in [0.25, 0.3) is 11.4 Å². The summed E-state index contributed by atoms with van der Waals surface area (Å²) in [6.45, 7) is -0.117. The molecule has 9 nitrogen and oxygen atoms in total. The smallest absolute Gasteiger partial charge is 0.408 e. The van der Waals surface area contributed by atoms with Gasteiger partial charge >= 0.3 is 6.80 Å². The fourth-order valence-electron chi connectivity index (χ4n) is 1.84. The minimum absolute atomic E-state index is 0.100. The molecule has 0 N–H and O–H groups in total. The van der Waals surface area contributed by atoms with Crippen LogP contribution in [0.5, 0.6) is 11.5 Å². The van der Waals surface area contributed by atoms with E-state index in [1.54, 1.807) is 13.8 Å². The number of hydrogen-bond donors (Lipinski definition) is 0. The van der Waals surface area contributed by atoms with Crippen molar-refractivity contribution in [2.24, 2.45) is 0 Å². The highest BCUT2D eigenvalue weighted by Crippen LogP contribution is 2.61. The number of nitro groups is 2. The molecule has 26 heavy (non-hydrogen) atoms. The summed E-state index contributed by atoms with van der Waals surface area (Å²) in [5.41, 5.74) is -0.250. The van der Waals surface area contributed by atoms with E-state index in [0.29, 0.717) is 0 Å². The third kappa shape index (κ3) is 5.47. The molecule has 0 aliphatic carbocycles. The van der Waals surface area contributed by atoms with Crippen molar-refractivity contribution in [1.29, 1.82) is 0 Å². The molecule has 0 radical (unpaired) electrons. The van der Waals surface area contributed by atoms with Gasteiger partial charge in [-0.3, -0.25) is 20.2 Å². The van der Waals surface area contributed by atoms with Gasteiger partial charge in [-0.1, -0.05) is 13.8 Å². The summed E-state index contributed by atoms with van der Waals surface area (Å²) in [4.78, 5) is 20.3. The number of hydrogen-bond acceptors (Lipinski definition) is 8. The highest BCUT2D eigenvalue weighted by atomic mass is 32.7. The van der Waals surface area contributed by atoms with Gasteiger partial charge in [0.05, 0.1) is 9.85 Å². The third-order valence-electron chi connectivity index (χ3n) is 2.87. The van der Waals surface area contributed by atoms with Crippen LogP contribution in [0, 0.1) is 20.2 Å². The van der Waals surface area contributed by atoms with E-state index in [0.717, 1.165) is 11.4 Å². The molecule has 0 unspecified atom stereocenters. The Morgan fingerprint density at radius 3 is 1.46 bits per heavy atom. The van der Waals surface area contributed by atoms with Crippen molar-refractivity contribution in [2.75, 3.05) is 0 Å². The van der Waals surface area contributed by atoms with Gasteiger partial charge in [-0.15, -0.1) is 0 Å². The van der Waals surface area contributed by atoms with Crippen molar-refractivity contribution < 1.29 is 23.5 Å². The molecule has 138 valence electrons. The van der Waals surface area contributed by atoms with Crippen LogP contribution in [0.1, 0.15) is 13.8 Å². The normalized spacial score (nSPS) is 11.2. The summed E-state index contributed by atoms with van der Waals surface area (Å²) in [7, 11) is 0. The monoisotopic (exact) mass is 398 g/mol. The van der Waals surface area contributed by atoms with Gasteiger partial charge < -0.3 is 9.05 Å². The lowest BCUT2D eigenvalue weighted by molar-refractivity contribution is -0.385. The molecule has 2 aromatic rings. The summed E-state index contributed by atoms with van der Waals surface area (Å²) >= 11 is 0.956. The van der Waals surface area contributed by atoms with E-state index in [2.05, 4.69) is 0 Å². The van der Waals surface area contributed by atoms with Crippen LogP contribution in [-0.2, 0) is 4.57 Å². The first-order valence-corrected chi connectivity index (χ1v) is 10.4. The third-order valence-corrected chi connectivity index (χ3v) is 6.90. The minimum Gasteiger partial charge on any atom is -0.408 e. The molecule has 11 heteroatoms. The van der Waals surface area contributed by atoms with Crippen LogP contribution in [0.2, 0.25) is 0 Å². The number of nitrogens with zero attached hydrogens (tertiary/aromatic N) is 2. The van der Waals surface area contributed by atoms with E-state index in [9.17, 15) is 24.8 Å². The van der Waals surface area contributed by atoms with E-state index in [1.165, 1.54) is 48.5 Å². The molecular weight excluding hydrogens is 383 g/mol. The molecule has 0 aliphatic rings. The first-order valence-electron chi connectivity index (χ1n) is 7.35. The Kier molecular flexibility index (Phi) is 6.23. The highest BCUT2D eigenvalue weighted by Gasteiger charge is 2.31. The SMILES string of the molecule is CC(C)SP(=O)(Oc1ccc([N+](=O)[O-])cc1)Oc1ccc([N+](=O)[O-])cc1. The van der Waals surface area contributed by atoms with Crippen LogP contribution < -0.4 is 9.05 Å². The van der Waals surface area contributed by atoms with Crippen molar-refractivity contribution in [3.05, 3.63) is 68.8 Å². The number of benzene rings is 2. The number of rotatable bonds is 8. The molecule has 0 amide bonds. The number of non-ortho nitro benzene ring substituents is 2. The molecule has 0 saturated heterocycles. The molecule has 0 spiro atoms. The van der Waals surface area contributed by atoms with Crippen LogP contribution >= 0.6 is 18.2 Å². The maximum absolute atomic E-state index is 13.1. The molecule has 0 fully saturated rings. The van der Waals surface area contributed by atoms with Crippen molar-refractivity contribution in [3.8, 4) is 11.5 Å². The predicted octanol–water partition coefficient (Wildman–Crippen LogP) is 5.21. The van der Waals surface area contributed by atoms with Gasteiger partial charge in [-0.25, -0.2) is 4.57 Å². The van der Waals surface area contributed by atoms with Gasteiger partial charge in [-0.2, -0.15) is 0 Å². The first kappa shape index (κ1) is 19.7. The summed E-state index contributed by atoms with van der Waals surface area (Å²) < 4.78 is 24.0. The molecule has 2 aromatic carbocycles. The van der Waals surface area contributed by atoms with E-state index >= 15 is 0 Å². The average molecular weight is 398 g/mol. The largest absolute Gasteiger partial charge is 0.493 e. The summed E-state index contributed by atoms with van der Waals surface area (Å²) in [5.74, 6) is 0.294. The maximum Gasteiger partial charge on any atom is 0.493 e. The van der Waals surface area contributed by atoms with E-state index < -0.39 is 16.6 Å². The molecule has 0 aromatic heterocycles. The van der Waals surface area contributed by atoms with Crippen LogP contribution in [-0.4, -0.2) is 15.1 Å². The second-order valence-electron chi connectivity index (χ2n) is 5.29. The first-order chi connectivity index (χ1) is 12.2. The number of nitro benzene ring substituents is 2. The standard InChI is InChI=1S/C15H15N2O7PS/c1-11(2)26-25(22,23-14-7-3-12(4-8-14)16(18)19)24-15-9-5-13(6-10-15)17(20)21/h3-11H,1-2H3. The molecule has 2 rings (SSSR count). The van der Waals surface area contributed by atoms with Crippen LogP contribution in [0.15, 0.2) is 48.5 Å². The van der Waals surface area contributed by atoms with Gasteiger partial charge in [0.1, 0.15) is 11.5 Å². The van der Waals surface area contributed by atoms with Gasteiger partial charge in [0.15, 0.2) is 0 Å². The lowest BCUT2D eigenvalue weighted by Crippen LogP contribution is -2.01. The van der Waals surface area contributed by atoms with Crippen LogP contribution in [0.25, 0.3) is 0 Å². The minimum atomic E-state index is -3.72. The lowest BCUT2D eigenvalue weighted by Gasteiger charge is -2.20. The van der Waals surface area contributed by atoms with Crippen molar-refractivity contribution in [2.45, 2.75) is 19.1 Å². The lowest BCUT2D eigenvalue weighted by atomic mass is 10.3. The highest BCUT2D eigenvalue weighted by molar-refractivity contribution is 8.55. The fraction of sp³-hybridized carbons (Fsp3) is 0.200. The second-order valence-corrected chi connectivity index (χ2v) is 9.67. The Morgan fingerprint density at radius 1 is 0.846 bits per heavy atom. The Bertz CT molecular complexity index is 777. The van der Waals surface area contributed by atoms with Crippen molar-refractivity contribution in [3.63, 3.8) is 0 Å². The Balaban J connectivity index is 2.22. The topological polar surface area (TPSA) is 122 Å². The molecule has 0 bridgehead atoms. The Hall–Kier alpha value is -2.58. The van der Waals surface area contributed by atoms with E-state index in [-0.39, 0.29) is 28.1 Å². The van der Waals surface area contributed by atoms with Crippen molar-refractivity contribution >= 4 is 29.6 Å². The predicted molar refractivity (Wildman–Crippen MR) is 97.8 cm³/mol. The van der Waals surface area contributed by atoms with Crippen LogP contribution in [0.3, 0.4) is 0 Å². The zero-order valence-corrected chi connectivity index (χ0v) is 15.5. The quantitative estimate of drug-likeness (QED) is 0.337.